The molecule has 0 saturated heterocycles. The highest BCUT2D eigenvalue weighted by Crippen LogP contribution is 2.23. The first kappa shape index (κ1) is 10.7. The van der Waals surface area contributed by atoms with E-state index in [1.54, 1.807) is 13.1 Å². The number of hydrogen-bond donors (Lipinski definition) is 1. The maximum Gasteiger partial charge on any atom is 0.251 e. The fourth-order valence-electron chi connectivity index (χ4n) is 2.00. The van der Waals surface area contributed by atoms with E-state index in [4.69, 9.17) is 0 Å². The maximum absolute atomic E-state index is 11.5. The minimum Gasteiger partial charge on any atom is -0.306 e. The van der Waals surface area contributed by atoms with Crippen molar-refractivity contribution in [2.24, 2.45) is 0 Å². The normalized spacial score (nSPS) is 10.7. The third-order valence-corrected chi connectivity index (χ3v) is 2.76. The van der Waals surface area contributed by atoms with Crippen LogP contribution in [0.5, 0.6) is 0 Å². The van der Waals surface area contributed by atoms with Crippen LogP contribution in [0.15, 0.2) is 47.4 Å². The van der Waals surface area contributed by atoms with Gasteiger partial charge in [0, 0.05) is 28.9 Å². The van der Waals surface area contributed by atoms with Crippen molar-refractivity contribution in [1.82, 2.24) is 15.0 Å². The van der Waals surface area contributed by atoms with E-state index >= 15 is 0 Å². The van der Waals surface area contributed by atoms with Crippen molar-refractivity contribution in [2.75, 3.05) is 0 Å². The third kappa shape index (κ3) is 1.78. The number of benzene rings is 1. The Hall–Kier alpha value is -2.49. The van der Waals surface area contributed by atoms with E-state index in [-0.39, 0.29) is 5.56 Å². The molecule has 1 aromatic carbocycles. The molecule has 1 N–H and O–H groups in total. The summed E-state index contributed by atoms with van der Waals surface area (Å²) in [4.78, 5) is 23.0. The molecule has 3 aromatic rings. The third-order valence-electron chi connectivity index (χ3n) is 2.76. The lowest BCUT2D eigenvalue weighted by Gasteiger charge is -2.05. The summed E-state index contributed by atoms with van der Waals surface area (Å²) < 4.78 is 0. The lowest BCUT2D eigenvalue weighted by Crippen LogP contribution is -2.08. The zero-order valence-electron chi connectivity index (χ0n) is 9.84. The molecular formula is C14H11N3O. The van der Waals surface area contributed by atoms with Crippen molar-refractivity contribution >= 4 is 10.9 Å². The van der Waals surface area contributed by atoms with E-state index in [0.717, 1.165) is 16.5 Å². The summed E-state index contributed by atoms with van der Waals surface area (Å²) in [5.74, 6) is 0.560. The summed E-state index contributed by atoms with van der Waals surface area (Å²) in [7, 11) is 0. The summed E-state index contributed by atoms with van der Waals surface area (Å²) in [5, 5.41) is 1.03. The molecule has 0 aliphatic carbocycles. The highest BCUT2D eigenvalue weighted by Gasteiger charge is 2.07. The van der Waals surface area contributed by atoms with Gasteiger partial charge in [0.1, 0.15) is 5.82 Å². The number of para-hydroxylation sites is 1. The Morgan fingerprint density at radius 2 is 2.00 bits per heavy atom. The van der Waals surface area contributed by atoms with Gasteiger partial charge < -0.3 is 4.98 Å². The van der Waals surface area contributed by atoms with Crippen LogP contribution in [0.4, 0.5) is 0 Å². The minimum atomic E-state index is -0.148. The van der Waals surface area contributed by atoms with Crippen molar-refractivity contribution in [1.29, 1.82) is 0 Å². The van der Waals surface area contributed by atoms with Gasteiger partial charge in [-0.2, -0.15) is 0 Å². The number of aromatic amines is 1. The van der Waals surface area contributed by atoms with Gasteiger partial charge in [-0.15, -0.1) is 0 Å². The van der Waals surface area contributed by atoms with E-state index in [9.17, 15) is 4.79 Å². The molecule has 3 rings (SSSR count). The smallest absolute Gasteiger partial charge is 0.251 e. The van der Waals surface area contributed by atoms with E-state index in [1.807, 2.05) is 30.3 Å². The zero-order valence-corrected chi connectivity index (χ0v) is 9.84. The van der Waals surface area contributed by atoms with Crippen molar-refractivity contribution in [3.8, 4) is 11.4 Å². The predicted molar refractivity (Wildman–Crippen MR) is 70.3 cm³/mol. The molecule has 0 saturated carbocycles. The first-order valence-electron chi connectivity index (χ1n) is 5.66. The number of pyridine rings is 1. The van der Waals surface area contributed by atoms with Gasteiger partial charge in [0.25, 0.3) is 5.56 Å². The van der Waals surface area contributed by atoms with Crippen molar-refractivity contribution in [2.45, 2.75) is 6.92 Å². The molecule has 88 valence electrons. The first-order chi connectivity index (χ1) is 8.74. The molecule has 0 aliphatic rings. The number of nitrogens with one attached hydrogen (secondary N) is 1. The van der Waals surface area contributed by atoms with Crippen molar-refractivity contribution in [3.05, 3.63) is 58.6 Å². The summed E-state index contributed by atoms with van der Waals surface area (Å²) >= 11 is 0. The second-order valence-corrected chi connectivity index (χ2v) is 4.12. The zero-order chi connectivity index (χ0) is 12.5. The average Bonchev–Trinajstić information content (AvgIpc) is 2.37. The molecule has 4 heteroatoms. The largest absolute Gasteiger partial charge is 0.306 e. The fourth-order valence-corrected chi connectivity index (χ4v) is 2.00. The monoisotopic (exact) mass is 237 g/mol. The van der Waals surface area contributed by atoms with Gasteiger partial charge >= 0.3 is 0 Å². The van der Waals surface area contributed by atoms with Crippen LogP contribution in [0, 0.1) is 6.92 Å². The number of hydrogen-bond acceptors (Lipinski definition) is 3. The van der Waals surface area contributed by atoms with Gasteiger partial charge in [0.15, 0.2) is 0 Å². The standard InChI is InChI=1S/C14H11N3O/c1-9-8-12(18)17-14(16-9)11-6-2-4-10-5-3-7-15-13(10)11/h2-8H,1H3,(H,16,17,18). The molecule has 18 heavy (non-hydrogen) atoms. The second kappa shape index (κ2) is 4.07. The second-order valence-electron chi connectivity index (χ2n) is 4.12. The molecule has 2 aromatic heterocycles. The highest BCUT2D eigenvalue weighted by molar-refractivity contribution is 5.91. The lowest BCUT2D eigenvalue weighted by atomic mass is 10.1. The van der Waals surface area contributed by atoms with Crippen LogP contribution in [-0.4, -0.2) is 15.0 Å². The minimum absolute atomic E-state index is 0.148. The Labute approximate surface area is 103 Å². The summed E-state index contributed by atoms with van der Waals surface area (Å²) in [5.41, 5.74) is 2.23. The Morgan fingerprint density at radius 1 is 1.17 bits per heavy atom. The summed E-state index contributed by atoms with van der Waals surface area (Å²) in [6.45, 7) is 1.80. The van der Waals surface area contributed by atoms with E-state index in [2.05, 4.69) is 15.0 Å². The molecule has 4 nitrogen and oxygen atoms in total. The van der Waals surface area contributed by atoms with Gasteiger partial charge in [-0.3, -0.25) is 9.78 Å². The fraction of sp³-hybridized carbons (Fsp3) is 0.0714. The Kier molecular flexibility index (Phi) is 2.41. The molecule has 0 aliphatic heterocycles. The summed E-state index contributed by atoms with van der Waals surface area (Å²) in [6.07, 6.45) is 1.74. The molecule has 2 heterocycles. The number of aryl methyl sites for hydroxylation is 1. The highest BCUT2D eigenvalue weighted by atomic mass is 16.1. The van der Waals surface area contributed by atoms with Crippen LogP contribution in [-0.2, 0) is 0 Å². The number of fused-ring (bicyclic) bond motifs is 1. The SMILES string of the molecule is Cc1cc(=O)[nH]c(-c2cccc3cccnc23)n1. The quantitative estimate of drug-likeness (QED) is 0.706. The maximum atomic E-state index is 11.5. The van der Waals surface area contributed by atoms with Gasteiger partial charge in [-0.1, -0.05) is 18.2 Å². The van der Waals surface area contributed by atoms with Gasteiger partial charge in [0.2, 0.25) is 0 Å². The molecule has 0 unspecified atom stereocenters. The van der Waals surface area contributed by atoms with E-state index < -0.39 is 0 Å². The molecule has 0 amide bonds. The number of rotatable bonds is 1. The number of aromatic nitrogens is 3. The van der Waals surface area contributed by atoms with Crippen LogP contribution in [0.3, 0.4) is 0 Å². The molecule has 0 radical (unpaired) electrons. The molecule has 0 bridgehead atoms. The Bertz CT molecular complexity index is 772. The van der Waals surface area contributed by atoms with Crippen LogP contribution >= 0.6 is 0 Å². The van der Waals surface area contributed by atoms with E-state index in [0.29, 0.717) is 11.5 Å². The van der Waals surface area contributed by atoms with Crippen LogP contribution in [0.25, 0.3) is 22.3 Å². The van der Waals surface area contributed by atoms with Crippen molar-refractivity contribution < 1.29 is 0 Å². The number of nitrogens with zero attached hydrogens (tertiary/aromatic N) is 2. The van der Waals surface area contributed by atoms with Crippen LogP contribution in [0.1, 0.15) is 5.69 Å². The van der Waals surface area contributed by atoms with Gasteiger partial charge in [0.05, 0.1) is 5.52 Å². The summed E-state index contributed by atoms with van der Waals surface area (Å²) in [6, 6.07) is 11.2. The molecule has 0 fully saturated rings. The predicted octanol–water partition coefficient (Wildman–Crippen LogP) is 2.29. The Balaban J connectivity index is 2.34. The lowest BCUT2D eigenvalue weighted by molar-refractivity contribution is 1.08. The van der Waals surface area contributed by atoms with Gasteiger partial charge in [-0.25, -0.2) is 4.98 Å². The van der Waals surface area contributed by atoms with Crippen LogP contribution < -0.4 is 5.56 Å². The Morgan fingerprint density at radius 3 is 2.83 bits per heavy atom. The average molecular weight is 237 g/mol. The van der Waals surface area contributed by atoms with Crippen molar-refractivity contribution in [3.63, 3.8) is 0 Å². The van der Waals surface area contributed by atoms with Crippen LogP contribution in [0.2, 0.25) is 0 Å². The molecule has 0 spiro atoms. The number of H-pyrrole nitrogens is 1. The first-order valence-corrected chi connectivity index (χ1v) is 5.66. The molecular weight excluding hydrogens is 226 g/mol. The topological polar surface area (TPSA) is 58.6 Å². The molecule has 0 atom stereocenters. The van der Waals surface area contributed by atoms with E-state index in [1.165, 1.54) is 6.07 Å². The van der Waals surface area contributed by atoms with Gasteiger partial charge in [-0.05, 0) is 19.1 Å².